The lowest BCUT2D eigenvalue weighted by Crippen LogP contribution is -2.25. The first-order valence-electron chi connectivity index (χ1n) is 7.63. The quantitative estimate of drug-likeness (QED) is 0.759. The summed E-state index contributed by atoms with van der Waals surface area (Å²) in [7, 11) is 0. The van der Waals surface area contributed by atoms with Gasteiger partial charge in [0.1, 0.15) is 12.2 Å². The molecule has 0 saturated carbocycles. The maximum Gasteiger partial charge on any atom is 0.105 e. The van der Waals surface area contributed by atoms with Crippen molar-refractivity contribution >= 4 is 5.69 Å². The summed E-state index contributed by atoms with van der Waals surface area (Å²) in [5, 5.41) is 23.5. The Kier molecular flexibility index (Phi) is 3.45. The van der Waals surface area contributed by atoms with E-state index in [1.54, 1.807) is 24.5 Å². The monoisotopic (exact) mass is 314 g/mol. The number of hydrogen-bond donors (Lipinski definition) is 2. The molecule has 0 bridgehead atoms. The summed E-state index contributed by atoms with van der Waals surface area (Å²) in [5.74, 6) is 0. The van der Waals surface area contributed by atoms with E-state index in [0.717, 1.165) is 16.8 Å². The van der Waals surface area contributed by atoms with E-state index in [4.69, 9.17) is 0 Å². The molecular weight excluding hydrogens is 300 g/mol. The minimum absolute atomic E-state index is 0.403. The number of anilines is 1. The van der Waals surface area contributed by atoms with Gasteiger partial charge >= 0.3 is 0 Å². The predicted octanol–water partition coefficient (Wildman–Crippen LogP) is 3.22. The van der Waals surface area contributed by atoms with Crippen molar-refractivity contribution in [3.8, 4) is 17.5 Å². The van der Waals surface area contributed by atoms with Gasteiger partial charge in [-0.15, -0.1) is 0 Å². The summed E-state index contributed by atoms with van der Waals surface area (Å²) in [6.45, 7) is 0. The molecule has 3 aromatic rings. The van der Waals surface area contributed by atoms with Crippen LogP contribution in [-0.2, 0) is 0 Å². The lowest BCUT2D eigenvalue weighted by atomic mass is 9.86. The summed E-state index contributed by atoms with van der Waals surface area (Å²) < 4.78 is 0. The third-order valence-electron chi connectivity index (χ3n) is 4.23. The number of aliphatic hydroxyl groups excluding tert-OH is 1. The highest BCUT2D eigenvalue weighted by Gasteiger charge is 2.34. The van der Waals surface area contributed by atoms with Crippen molar-refractivity contribution in [1.29, 1.82) is 5.26 Å². The van der Waals surface area contributed by atoms with Gasteiger partial charge in [0.05, 0.1) is 28.7 Å². The smallest absolute Gasteiger partial charge is 0.105 e. The average molecular weight is 314 g/mol. The highest BCUT2D eigenvalue weighted by atomic mass is 16.3. The fourth-order valence-corrected chi connectivity index (χ4v) is 3.10. The molecule has 4 rings (SSSR count). The van der Waals surface area contributed by atoms with Gasteiger partial charge in [-0.25, -0.2) is 0 Å². The molecule has 5 nitrogen and oxygen atoms in total. The van der Waals surface area contributed by atoms with Gasteiger partial charge in [-0.3, -0.25) is 9.97 Å². The maximum absolute atomic E-state index is 10.9. The molecule has 1 aromatic carbocycles. The first kappa shape index (κ1) is 14.4. The molecule has 1 aliphatic carbocycles. The Bertz CT molecular complexity index is 948. The van der Waals surface area contributed by atoms with Crippen LogP contribution in [0.15, 0.2) is 60.9 Å². The van der Waals surface area contributed by atoms with Crippen molar-refractivity contribution in [2.45, 2.75) is 12.1 Å². The van der Waals surface area contributed by atoms with Gasteiger partial charge < -0.3 is 10.4 Å². The second-order valence-electron chi connectivity index (χ2n) is 5.61. The number of fused-ring (bicyclic) bond motifs is 3. The highest BCUT2D eigenvalue weighted by molar-refractivity contribution is 5.69. The Balaban J connectivity index is 1.84. The van der Waals surface area contributed by atoms with E-state index in [9.17, 15) is 10.4 Å². The van der Waals surface area contributed by atoms with Crippen LogP contribution in [0, 0.1) is 11.3 Å². The minimum Gasteiger partial charge on any atom is -0.386 e. The van der Waals surface area contributed by atoms with Crippen molar-refractivity contribution in [2.24, 2.45) is 0 Å². The summed E-state index contributed by atoms with van der Waals surface area (Å²) in [6.07, 6.45) is 2.63. The maximum atomic E-state index is 10.9. The van der Waals surface area contributed by atoms with Crippen LogP contribution in [0.1, 0.15) is 28.8 Å². The fraction of sp³-hybridized carbons (Fsp3) is 0.105. The molecule has 2 atom stereocenters. The number of nitrogens with zero attached hydrogens (tertiary/aromatic N) is 3. The van der Waals surface area contributed by atoms with Gasteiger partial charge in [0.15, 0.2) is 0 Å². The zero-order valence-corrected chi connectivity index (χ0v) is 12.7. The van der Waals surface area contributed by atoms with Crippen molar-refractivity contribution in [1.82, 2.24) is 9.97 Å². The molecule has 0 fully saturated rings. The number of benzene rings is 1. The van der Waals surface area contributed by atoms with Crippen molar-refractivity contribution in [3.63, 3.8) is 0 Å². The molecule has 5 heteroatoms. The van der Waals surface area contributed by atoms with Crippen molar-refractivity contribution < 1.29 is 5.11 Å². The number of aliphatic hydroxyl groups is 1. The van der Waals surface area contributed by atoms with E-state index in [-0.39, 0.29) is 0 Å². The second kappa shape index (κ2) is 5.76. The van der Waals surface area contributed by atoms with E-state index in [2.05, 4.69) is 21.4 Å². The molecule has 0 saturated heterocycles. The molecule has 0 aliphatic heterocycles. The first-order chi connectivity index (χ1) is 11.8. The SMILES string of the molecule is N#Cc1ccccc1N[C@@H]1c2cccnc2-c2ncccc2[C@H]1O. The van der Waals surface area contributed by atoms with Gasteiger partial charge in [-0.1, -0.05) is 24.3 Å². The van der Waals surface area contributed by atoms with Crippen LogP contribution in [0.25, 0.3) is 11.4 Å². The van der Waals surface area contributed by atoms with Gasteiger partial charge in [0, 0.05) is 23.5 Å². The second-order valence-corrected chi connectivity index (χ2v) is 5.61. The Morgan fingerprint density at radius 2 is 1.58 bits per heavy atom. The Hall–Kier alpha value is -3.23. The molecule has 0 amide bonds. The molecule has 0 spiro atoms. The molecule has 116 valence electrons. The molecule has 2 heterocycles. The number of nitrogens with one attached hydrogen (secondary N) is 1. The van der Waals surface area contributed by atoms with Crippen LogP contribution in [0.3, 0.4) is 0 Å². The predicted molar refractivity (Wildman–Crippen MR) is 89.9 cm³/mol. The Morgan fingerprint density at radius 3 is 2.33 bits per heavy atom. The van der Waals surface area contributed by atoms with E-state index in [0.29, 0.717) is 16.9 Å². The molecule has 24 heavy (non-hydrogen) atoms. The summed E-state index contributed by atoms with van der Waals surface area (Å²) in [6, 6.07) is 16.4. The summed E-state index contributed by atoms with van der Waals surface area (Å²) in [5.41, 5.74) is 4.27. The van der Waals surface area contributed by atoms with Crippen LogP contribution in [-0.4, -0.2) is 15.1 Å². The van der Waals surface area contributed by atoms with Gasteiger partial charge in [0.25, 0.3) is 0 Å². The molecular formula is C19H14N4O. The standard InChI is InChI=1S/C19H14N4O/c20-11-12-5-1-2-8-15(12)23-18-13-6-3-9-21-16(13)17-14(19(18)24)7-4-10-22-17/h1-10,18-19,23-24H/t18-,19-/m1/s1. The van der Waals surface area contributed by atoms with E-state index >= 15 is 0 Å². The number of para-hydroxylation sites is 1. The largest absolute Gasteiger partial charge is 0.386 e. The lowest BCUT2D eigenvalue weighted by Gasteiger charge is -2.32. The summed E-state index contributed by atoms with van der Waals surface area (Å²) >= 11 is 0. The van der Waals surface area contributed by atoms with Crippen molar-refractivity contribution in [3.05, 3.63) is 77.6 Å². The fourth-order valence-electron chi connectivity index (χ4n) is 3.10. The van der Waals surface area contributed by atoms with Gasteiger partial charge in [-0.05, 0) is 24.3 Å². The molecule has 1 aliphatic rings. The van der Waals surface area contributed by atoms with Crippen LogP contribution < -0.4 is 5.32 Å². The molecule has 0 radical (unpaired) electrons. The molecule has 0 unspecified atom stereocenters. The van der Waals surface area contributed by atoms with Gasteiger partial charge in [-0.2, -0.15) is 5.26 Å². The zero-order valence-electron chi connectivity index (χ0n) is 12.7. The van der Waals surface area contributed by atoms with E-state index in [1.807, 2.05) is 36.4 Å². The third-order valence-corrected chi connectivity index (χ3v) is 4.23. The zero-order chi connectivity index (χ0) is 16.5. The Labute approximate surface area is 139 Å². The summed E-state index contributed by atoms with van der Waals surface area (Å²) in [4.78, 5) is 8.83. The van der Waals surface area contributed by atoms with E-state index in [1.165, 1.54) is 0 Å². The minimum atomic E-state index is -0.780. The number of aromatic nitrogens is 2. The average Bonchev–Trinajstić information content (AvgIpc) is 2.65. The molecule has 2 aromatic heterocycles. The number of pyridine rings is 2. The lowest BCUT2D eigenvalue weighted by molar-refractivity contribution is 0.153. The third kappa shape index (κ3) is 2.21. The van der Waals surface area contributed by atoms with Crippen molar-refractivity contribution in [2.75, 3.05) is 5.32 Å². The van der Waals surface area contributed by atoms with Crippen LogP contribution in [0.5, 0.6) is 0 Å². The highest BCUT2D eigenvalue weighted by Crippen LogP contribution is 2.43. The van der Waals surface area contributed by atoms with Crippen LogP contribution in [0.2, 0.25) is 0 Å². The van der Waals surface area contributed by atoms with Crippen LogP contribution >= 0.6 is 0 Å². The number of rotatable bonds is 2. The van der Waals surface area contributed by atoms with E-state index < -0.39 is 12.1 Å². The topological polar surface area (TPSA) is 81.8 Å². The number of nitriles is 1. The number of hydrogen-bond acceptors (Lipinski definition) is 5. The first-order valence-corrected chi connectivity index (χ1v) is 7.63. The van der Waals surface area contributed by atoms with Gasteiger partial charge in [0.2, 0.25) is 0 Å². The van der Waals surface area contributed by atoms with Crippen LogP contribution in [0.4, 0.5) is 5.69 Å². The molecule has 2 N–H and O–H groups in total. The normalized spacial score (nSPS) is 18.2. The Morgan fingerprint density at radius 1 is 0.917 bits per heavy atom.